The molecule has 0 unspecified atom stereocenters. The lowest BCUT2D eigenvalue weighted by atomic mass is 10.2. The molecule has 0 spiro atoms. The summed E-state index contributed by atoms with van der Waals surface area (Å²) < 4.78 is 15.4. The molecule has 0 radical (unpaired) electrons. The maximum absolute atomic E-state index is 12.0. The van der Waals surface area contributed by atoms with Crippen molar-refractivity contribution in [3.63, 3.8) is 0 Å². The molecule has 0 aliphatic heterocycles. The molecule has 0 bridgehead atoms. The summed E-state index contributed by atoms with van der Waals surface area (Å²) in [6, 6.07) is 16.3. The van der Waals surface area contributed by atoms with Crippen molar-refractivity contribution in [1.29, 1.82) is 0 Å². The number of methoxy groups -OCH3 is 3. The minimum absolute atomic E-state index is 0.0727. The SMILES string of the molecule is CC(C)N.COc1ccc2c(=O)cc(NC(C)C)[nH]c2c1Cl.COc1ccc2c(Cl)cc(Cl)nc2c1Cl.COc1ccc2c(Cl)cc(NC(C)C)nc2c1Cl. The zero-order valence-electron chi connectivity index (χ0n) is 31.8. The molecule has 0 fully saturated rings. The Morgan fingerprint density at radius 2 is 1.05 bits per heavy atom. The monoisotopic (exact) mass is 870 g/mol. The standard InChI is InChI=1S/C13H14Cl2N2O.C13H15ClN2O2.C10H6Cl3NO.C3H9N/c1-7(2)16-11-6-9(14)8-4-5-10(18-3)12(15)13(8)17-11;1-7(2)15-11-6-9(17)8-4-5-10(18-3)12(14)13(8)16-11;1-15-7-3-2-5-6(11)4-8(12)14-10(5)9(7)13;1-3(2)4/h4-7H,1-3H3,(H,16,17);4-7H,1-3H3,(H2,15,16,17);2-4H,1H3;3H,4H2,1-2H3. The van der Waals surface area contributed by atoms with Crippen LogP contribution in [-0.2, 0) is 0 Å². The van der Waals surface area contributed by atoms with Crippen molar-refractivity contribution < 1.29 is 14.2 Å². The number of pyridine rings is 3. The number of hydrogen-bond donors (Lipinski definition) is 4. The lowest BCUT2D eigenvalue weighted by Crippen LogP contribution is -2.14. The Bertz CT molecular complexity index is 2300. The van der Waals surface area contributed by atoms with Crippen LogP contribution in [0.15, 0.2) is 59.4 Å². The Balaban J connectivity index is 0.000000212. The van der Waals surface area contributed by atoms with Crippen LogP contribution in [0.25, 0.3) is 32.7 Å². The van der Waals surface area contributed by atoms with Gasteiger partial charge < -0.3 is 35.6 Å². The quantitative estimate of drug-likeness (QED) is 0.116. The van der Waals surface area contributed by atoms with Gasteiger partial charge in [0.05, 0.1) is 47.9 Å². The van der Waals surface area contributed by atoms with Crippen LogP contribution >= 0.6 is 69.6 Å². The number of H-pyrrole nitrogens is 1. The van der Waals surface area contributed by atoms with Crippen molar-refractivity contribution in [2.75, 3.05) is 32.0 Å². The summed E-state index contributed by atoms with van der Waals surface area (Å²) in [6.45, 7) is 11.9. The summed E-state index contributed by atoms with van der Waals surface area (Å²) in [7, 11) is 4.66. The number of aromatic amines is 1. The lowest BCUT2D eigenvalue weighted by molar-refractivity contribution is 0.415. The Morgan fingerprint density at radius 3 is 1.53 bits per heavy atom. The van der Waals surface area contributed by atoms with Gasteiger partial charge in [-0.05, 0) is 82.3 Å². The highest BCUT2D eigenvalue weighted by atomic mass is 35.5. The number of fused-ring (bicyclic) bond motifs is 3. The van der Waals surface area contributed by atoms with Crippen molar-refractivity contribution in [3.8, 4) is 17.2 Å². The molecule has 6 rings (SSSR count). The molecule has 6 aromatic rings. The molecule has 0 amide bonds. The molecule has 0 aliphatic rings. The summed E-state index contributed by atoms with van der Waals surface area (Å²) in [4.78, 5) is 23.7. The van der Waals surface area contributed by atoms with E-state index in [4.69, 9.17) is 89.5 Å². The van der Waals surface area contributed by atoms with Crippen molar-refractivity contribution in [2.24, 2.45) is 5.73 Å². The van der Waals surface area contributed by atoms with E-state index >= 15 is 0 Å². The summed E-state index contributed by atoms with van der Waals surface area (Å²) >= 11 is 36.6. The highest BCUT2D eigenvalue weighted by Gasteiger charge is 2.13. The Labute approximate surface area is 350 Å². The van der Waals surface area contributed by atoms with Crippen LogP contribution in [-0.4, -0.2) is 54.4 Å². The third kappa shape index (κ3) is 12.4. The van der Waals surface area contributed by atoms with Crippen LogP contribution in [0.5, 0.6) is 17.2 Å². The summed E-state index contributed by atoms with van der Waals surface area (Å²) in [5.74, 6) is 3.04. The van der Waals surface area contributed by atoms with Crippen LogP contribution in [0.1, 0.15) is 41.5 Å². The highest BCUT2D eigenvalue weighted by molar-refractivity contribution is 6.42. The molecule has 3 aromatic heterocycles. The predicted octanol–water partition coefficient (Wildman–Crippen LogP) is 11.9. The Kier molecular flexibility index (Phi) is 17.5. The molecule has 0 aliphatic carbocycles. The second-order valence-corrected chi connectivity index (χ2v) is 15.1. The number of hydrogen-bond acceptors (Lipinski definition) is 9. The van der Waals surface area contributed by atoms with Gasteiger partial charge in [-0.25, -0.2) is 9.97 Å². The van der Waals surface area contributed by atoms with Gasteiger partial charge in [-0.2, -0.15) is 0 Å². The molecule has 0 atom stereocenters. The molecule has 16 heteroatoms. The normalized spacial score (nSPS) is 10.7. The summed E-state index contributed by atoms with van der Waals surface area (Å²) in [5, 5.41) is 11.2. The van der Waals surface area contributed by atoms with Gasteiger partial charge in [-0.3, -0.25) is 4.79 Å². The summed E-state index contributed by atoms with van der Waals surface area (Å²) in [5.41, 5.74) is 6.82. The smallest absolute Gasteiger partial charge is 0.191 e. The third-order valence-corrected chi connectivity index (χ3v) is 9.01. The largest absolute Gasteiger partial charge is 0.495 e. The average Bonchev–Trinajstić information content (AvgIpc) is 3.09. The van der Waals surface area contributed by atoms with Crippen molar-refractivity contribution in [3.05, 3.63) is 95.1 Å². The minimum atomic E-state index is -0.0727. The van der Waals surface area contributed by atoms with Crippen LogP contribution in [0.4, 0.5) is 11.6 Å². The number of ether oxygens (including phenoxy) is 3. The van der Waals surface area contributed by atoms with Crippen LogP contribution < -0.4 is 36.0 Å². The van der Waals surface area contributed by atoms with Gasteiger partial charge in [0.1, 0.15) is 49.1 Å². The number of nitrogens with two attached hydrogens (primary N) is 1. The fourth-order valence-electron chi connectivity index (χ4n) is 4.86. The number of nitrogens with one attached hydrogen (secondary N) is 3. The van der Waals surface area contributed by atoms with Gasteiger partial charge in [0.15, 0.2) is 5.43 Å². The van der Waals surface area contributed by atoms with E-state index in [-0.39, 0.29) is 17.5 Å². The molecule has 3 heterocycles. The number of halogens is 6. The first-order valence-electron chi connectivity index (χ1n) is 16.9. The maximum Gasteiger partial charge on any atom is 0.191 e. The Hall–Kier alpha value is -3.61. The maximum atomic E-state index is 12.0. The van der Waals surface area contributed by atoms with E-state index in [1.165, 1.54) is 6.07 Å². The van der Waals surface area contributed by atoms with Gasteiger partial charge >= 0.3 is 0 Å². The van der Waals surface area contributed by atoms with E-state index in [9.17, 15) is 4.79 Å². The number of nitrogens with zero attached hydrogens (tertiary/aromatic N) is 2. The van der Waals surface area contributed by atoms with Crippen LogP contribution in [0.3, 0.4) is 0 Å². The van der Waals surface area contributed by atoms with Gasteiger partial charge in [0, 0.05) is 34.3 Å². The topological polar surface area (TPSA) is 136 Å². The number of benzene rings is 3. The predicted molar refractivity (Wildman–Crippen MR) is 235 cm³/mol. The molecule has 5 N–H and O–H groups in total. The zero-order valence-corrected chi connectivity index (χ0v) is 36.3. The second-order valence-electron chi connectivity index (χ2n) is 12.8. The molecule has 0 saturated carbocycles. The van der Waals surface area contributed by atoms with E-state index in [2.05, 4.69) is 25.6 Å². The highest BCUT2D eigenvalue weighted by Crippen LogP contribution is 2.37. The molecular weight excluding hydrogens is 829 g/mol. The Morgan fingerprint density at radius 1 is 0.618 bits per heavy atom. The number of anilines is 2. The minimum Gasteiger partial charge on any atom is -0.495 e. The van der Waals surface area contributed by atoms with E-state index in [1.807, 2.05) is 47.6 Å². The number of aromatic nitrogens is 3. The average molecular weight is 874 g/mol. The van der Waals surface area contributed by atoms with Crippen molar-refractivity contribution in [1.82, 2.24) is 15.0 Å². The zero-order chi connectivity index (χ0) is 41.1. The molecule has 10 nitrogen and oxygen atoms in total. The van der Waals surface area contributed by atoms with E-state index in [1.54, 1.807) is 63.8 Å². The first-order chi connectivity index (χ1) is 25.9. The molecule has 55 heavy (non-hydrogen) atoms. The first kappa shape index (κ1) is 45.8. The lowest BCUT2D eigenvalue weighted by Gasteiger charge is -2.12. The second kappa shape index (κ2) is 21.1. The number of rotatable bonds is 7. The fourth-order valence-corrected chi connectivity index (χ4v) is 6.48. The van der Waals surface area contributed by atoms with Gasteiger partial charge in [-0.15, -0.1) is 0 Å². The van der Waals surface area contributed by atoms with Crippen LogP contribution in [0.2, 0.25) is 30.3 Å². The molecular formula is C39H44Cl6N6O4. The van der Waals surface area contributed by atoms with Gasteiger partial charge in [0.25, 0.3) is 0 Å². The van der Waals surface area contributed by atoms with Crippen LogP contribution in [0, 0.1) is 0 Å². The van der Waals surface area contributed by atoms with Gasteiger partial charge in [-0.1, -0.05) is 83.5 Å². The summed E-state index contributed by atoms with van der Waals surface area (Å²) in [6.07, 6.45) is 0. The van der Waals surface area contributed by atoms with E-state index in [0.29, 0.717) is 87.1 Å². The van der Waals surface area contributed by atoms with Gasteiger partial charge in [0.2, 0.25) is 0 Å². The van der Waals surface area contributed by atoms with E-state index < -0.39 is 0 Å². The van der Waals surface area contributed by atoms with Crippen molar-refractivity contribution >= 4 is 114 Å². The molecule has 0 saturated heterocycles. The first-order valence-corrected chi connectivity index (χ1v) is 19.2. The molecule has 3 aromatic carbocycles. The molecule has 296 valence electrons. The third-order valence-electron chi connectivity index (χ3n) is 7.08. The fraction of sp³-hybridized carbons (Fsp3) is 0.308. The van der Waals surface area contributed by atoms with E-state index in [0.717, 1.165) is 10.8 Å². The van der Waals surface area contributed by atoms with Crippen molar-refractivity contribution in [2.45, 2.75) is 59.7 Å².